The zero-order valence-electron chi connectivity index (χ0n) is 9.31. The molecule has 0 aromatic heterocycles. The molecule has 18 heavy (non-hydrogen) atoms. The maximum atomic E-state index is 11.2. The van der Waals surface area contributed by atoms with Crippen molar-refractivity contribution in [2.75, 3.05) is 0 Å². The van der Waals surface area contributed by atoms with E-state index >= 15 is 0 Å². The highest BCUT2D eigenvalue weighted by Crippen LogP contribution is 2.27. The third kappa shape index (κ3) is 3.12. The van der Waals surface area contributed by atoms with E-state index < -0.39 is 11.9 Å². The van der Waals surface area contributed by atoms with E-state index in [1.807, 2.05) is 24.3 Å². The summed E-state index contributed by atoms with van der Waals surface area (Å²) in [7, 11) is 0. The van der Waals surface area contributed by atoms with Crippen molar-refractivity contribution >= 4 is 39.6 Å². The molecule has 0 radical (unpaired) electrons. The molecular weight excluding hydrogens is 316 g/mol. The molecule has 0 heterocycles. The van der Waals surface area contributed by atoms with Crippen LogP contribution in [0.3, 0.4) is 0 Å². The third-order valence-electron chi connectivity index (χ3n) is 2.59. The van der Waals surface area contributed by atoms with Crippen molar-refractivity contribution in [1.29, 1.82) is 0 Å². The molecule has 1 unspecified atom stereocenters. The lowest BCUT2D eigenvalue weighted by molar-refractivity contribution is -0.138. The monoisotopic (exact) mass is 324 g/mol. The number of hydrogen-bond acceptors (Lipinski definition) is 1. The average Bonchev–Trinajstić information content (AvgIpc) is 2.34. The van der Waals surface area contributed by atoms with Crippen LogP contribution in [0.5, 0.6) is 0 Å². The molecule has 1 aromatic rings. The summed E-state index contributed by atoms with van der Waals surface area (Å²) in [5.41, 5.74) is 1.67. The van der Waals surface area contributed by atoms with Gasteiger partial charge in [0, 0.05) is 9.51 Å². The molecule has 4 heteroatoms. The highest BCUT2D eigenvalue weighted by atomic mass is 79.9. The summed E-state index contributed by atoms with van der Waals surface area (Å²) in [6, 6.07) is 7.27. The molecular formula is C14H10BrClO2. The molecule has 2 nitrogen and oxygen atoms in total. The van der Waals surface area contributed by atoms with Crippen LogP contribution in [0.25, 0.3) is 6.08 Å². The topological polar surface area (TPSA) is 37.3 Å². The summed E-state index contributed by atoms with van der Waals surface area (Å²) in [5.74, 6) is -1.49. The van der Waals surface area contributed by atoms with Crippen molar-refractivity contribution in [3.05, 3.63) is 63.1 Å². The van der Waals surface area contributed by atoms with Gasteiger partial charge in [-0.25, -0.2) is 0 Å². The van der Waals surface area contributed by atoms with Gasteiger partial charge in [-0.2, -0.15) is 0 Å². The van der Waals surface area contributed by atoms with Crippen LogP contribution in [0, 0.1) is 5.92 Å². The van der Waals surface area contributed by atoms with Crippen molar-refractivity contribution in [3.8, 4) is 0 Å². The van der Waals surface area contributed by atoms with Crippen LogP contribution >= 0.6 is 27.5 Å². The number of aliphatic carboxylic acids is 1. The first-order valence-electron chi connectivity index (χ1n) is 5.31. The lowest BCUT2D eigenvalue weighted by Crippen LogP contribution is -2.14. The number of halogens is 2. The molecule has 1 atom stereocenters. The first kappa shape index (κ1) is 13.1. The standard InChI is InChI=1S/C14H10BrClO2/c15-11-4-3-10(13(8-11)14(17)18)7-9-1-5-12(16)6-2-9/h1-8,13H,(H,17,18). The molecule has 0 fully saturated rings. The Labute approximate surface area is 118 Å². The van der Waals surface area contributed by atoms with Gasteiger partial charge in [-0.05, 0) is 29.3 Å². The SMILES string of the molecule is O=C(O)C1C=C(Br)C=CC1=Cc1ccc(Cl)cc1. The summed E-state index contributed by atoms with van der Waals surface area (Å²) >= 11 is 9.09. The first-order valence-corrected chi connectivity index (χ1v) is 6.49. The van der Waals surface area contributed by atoms with Crippen LogP contribution < -0.4 is 0 Å². The molecule has 1 aliphatic rings. The Bertz CT molecular complexity index is 556. The van der Waals surface area contributed by atoms with Crippen LogP contribution in [0.4, 0.5) is 0 Å². The van der Waals surface area contributed by atoms with Crippen LogP contribution in [-0.4, -0.2) is 11.1 Å². The van der Waals surface area contributed by atoms with Gasteiger partial charge in [0.2, 0.25) is 0 Å². The van der Waals surface area contributed by atoms with E-state index in [0.717, 1.165) is 15.6 Å². The van der Waals surface area contributed by atoms with Gasteiger partial charge in [0.05, 0.1) is 0 Å². The van der Waals surface area contributed by atoms with Gasteiger partial charge in [0.1, 0.15) is 5.92 Å². The minimum atomic E-state index is -0.864. The Morgan fingerprint density at radius 2 is 1.94 bits per heavy atom. The zero-order chi connectivity index (χ0) is 13.1. The smallest absolute Gasteiger partial charge is 0.314 e. The van der Waals surface area contributed by atoms with Crippen molar-refractivity contribution in [2.45, 2.75) is 0 Å². The number of allylic oxidation sites excluding steroid dienone is 3. The van der Waals surface area contributed by atoms with Crippen LogP contribution in [0.2, 0.25) is 5.02 Å². The van der Waals surface area contributed by atoms with E-state index in [4.69, 9.17) is 11.6 Å². The van der Waals surface area contributed by atoms with Gasteiger partial charge in [-0.3, -0.25) is 4.79 Å². The lowest BCUT2D eigenvalue weighted by Gasteiger charge is -2.14. The third-order valence-corrected chi connectivity index (χ3v) is 3.37. The fourth-order valence-corrected chi connectivity index (χ4v) is 2.22. The molecule has 2 rings (SSSR count). The molecule has 0 saturated carbocycles. The summed E-state index contributed by atoms with van der Waals surface area (Å²) in [6.45, 7) is 0. The number of carbonyl (C=O) groups is 1. The van der Waals surface area contributed by atoms with Crippen LogP contribution in [-0.2, 0) is 4.79 Å². The average molecular weight is 326 g/mol. The zero-order valence-corrected chi connectivity index (χ0v) is 11.6. The molecule has 0 amide bonds. The van der Waals surface area contributed by atoms with Gasteiger partial charge in [-0.1, -0.05) is 57.9 Å². The van der Waals surface area contributed by atoms with Crippen LogP contribution in [0.1, 0.15) is 5.56 Å². The van der Waals surface area contributed by atoms with E-state index in [9.17, 15) is 9.90 Å². The van der Waals surface area contributed by atoms with Crippen molar-refractivity contribution in [3.63, 3.8) is 0 Å². The van der Waals surface area contributed by atoms with E-state index in [-0.39, 0.29) is 0 Å². The Morgan fingerprint density at radius 1 is 1.28 bits per heavy atom. The fraction of sp³-hybridized carbons (Fsp3) is 0.0714. The van der Waals surface area contributed by atoms with Crippen LogP contribution in [0.15, 0.2) is 52.5 Å². The Balaban J connectivity index is 2.34. The quantitative estimate of drug-likeness (QED) is 0.881. The second kappa shape index (κ2) is 5.55. The number of rotatable bonds is 2. The molecule has 1 N–H and O–H groups in total. The van der Waals surface area contributed by atoms with Gasteiger partial charge in [-0.15, -0.1) is 0 Å². The maximum Gasteiger partial charge on any atom is 0.314 e. The highest BCUT2D eigenvalue weighted by Gasteiger charge is 2.20. The van der Waals surface area contributed by atoms with Crippen molar-refractivity contribution < 1.29 is 9.90 Å². The van der Waals surface area contributed by atoms with Crippen molar-refractivity contribution in [1.82, 2.24) is 0 Å². The molecule has 0 spiro atoms. The van der Waals surface area contributed by atoms with Crippen molar-refractivity contribution in [2.24, 2.45) is 5.92 Å². The normalized spacial score (nSPS) is 20.9. The lowest BCUT2D eigenvalue weighted by atomic mass is 9.93. The predicted molar refractivity (Wildman–Crippen MR) is 76.7 cm³/mol. The molecule has 1 aromatic carbocycles. The largest absolute Gasteiger partial charge is 0.481 e. The minimum absolute atomic E-state index is 0.625. The molecule has 0 aliphatic heterocycles. The maximum absolute atomic E-state index is 11.2. The molecule has 0 bridgehead atoms. The summed E-state index contributed by atoms with van der Waals surface area (Å²) in [6.07, 6.45) is 7.16. The second-order valence-electron chi connectivity index (χ2n) is 3.90. The molecule has 92 valence electrons. The summed E-state index contributed by atoms with van der Waals surface area (Å²) in [5, 5.41) is 9.85. The molecule has 0 saturated heterocycles. The number of benzene rings is 1. The van der Waals surface area contributed by atoms with Gasteiger partial charge in [0.25, 0.3) is 0 Å². The summed E-state index contributed by atoms with van der Waals surface area (Å²) in [4.78, 5) is 11.2. The number of carboxylic acids is 1. The summed E-state index contributed by atoms with van der Waals surface area (Å²) < 4.78 is 0.781. The van der Waals surface area contributed by atoms with Gasteiger partial charge >= 0.3 is 5.97 Å². The predicted octanol–water partition coefficient (Wildman–Crippen LogP) is 4.27. The van der Waals surface area contributed by atoms with Gasteiger partial charge in [0.15, 0.2) is 0 Å². The van der Waals surface area contributed by atoms with E-state index in [1.54, 1.807) is 24.3 Å². The second-order valence-corrected chi connectivity index (χ2v) is 5.25. The van der Waals surface area contributed by atoms with E-state index in [1.165, 1.54) is 0 Å². The number of carboxylic acid groups (broad SMARTS) is 1. The Kier molecular flexibility index (Phi) is 4.04. The Hall–Kier alpha value is -1.32. The van der Waals surface area contributed by atoms with Gasteiger partial charge < -0.3 is 5.11 Å². The fourth-order valence-electron chi connectivity index (χ4n) is 1.69. The number of hydrogen-bond donors (Lipinski definition) is 1. The highest BCUT2D eigenvalue weighted by molar-refractivity contribution is 9.11. The Morgan fingerprint density at radius 3 is 2.56 bits per heavy atom. The first-order chi connectivity index (χ1) is 8.56. The molecule has 1 aliphatic carbocycles. The minimum Gasteiger partial charge on any atom is -0.481 e. The van der Waals surface area contributed by atoms with E-state index in [2.05, 4.69) is 15.9 Å². The van der Waals surface area contributed by atoms with E-state index in [0.29, 0.717) is 5.02 Å².